The zero-order valence-electron chi connectivity index (χ0n) is 11.2. The van der Waals surface area contributed by atoms with Crippen molar-refractivity contribution < 1.29 is 27.9 Å². The molecule has 2 rings (SSSR count). The van der Waals surface area contributed by atoms with Gasteiger partial charge in [-0.25, -0.2) is 13.2 Å². The molecule has 1 aromatic carbocycles. The average Bonchev–Trinajstić information content (AvgIpc) is 2.82. The number of carboxylic acid groups (broad SMARTS) is 1. The van der Waals surface area contributed by atoms with Gasteiger partial charge >= 0.3 is 5.97 Å². The lowest BCUT2D eigenvalue weighted by atomic mass is 9.95. The van der Waals surface area contributed by atoms with E-state index >= 15 is 0 Å². The van der Waals surface area contributed by atoms with Crippen molar-refractivity contribution in [3.63, 3.8) is 0 Å². The van der Waals surface area contributed by atoms with Gasteiger partial charge in [0.25, 0.3) is 0 Å². The Hall–Kier alpha value is -2.05. The second-order valence-corrected chi connectivity index (χ2v) is 5.34. The summed E-state index contributed by atoms with van der Waals surface area (Å²) < 4.78 is 39.4. The van der Waals surface area contributed by atoms with Crippen LogP contribution in [-0.2, 0) is 9.59 Å². The Morgan fingerprint density at radius 1 is 1.14 bits per heavy atom. The summed E-state index contributed by atoms with van der Waals surface area (Å²) in [5.41, 5.74) is -0.498. The molecule has 1 fully saturated rings. The van der Waals surface area contributed by atoms with Gasteiger partial charge in [0, 0.05) is 0 Å². The first kappa shape index (κ1) is 15.3. The van der Waals surface area contributed by atoms with Crippen LogP contribution in [0.2, 0.25) is 0 Å². The number of carboxylic acids is 1. The van der Waals surface area contributed by atoms with E-state index in [1.807, 2.05) is 6.92 Å². The molecule has 21 heavy (non-hydrogen) atoms. The fourth-order valence-corrected chi connectivity index (χ4v) is 2.70. The van der Waals surface area contributed by atoms with Crippen LogP contribution in [0.3, 0.4) is 0 Å². The minimum atomic E-state index is -1.68. The van der Waals surface area contributed by atoms with Crippen molar-refractivity contribution in [3.05, 3.63) is 29.6 Å². The van der Waals surface area contributed by atoms with Crippen LogP contribution >= 0.6 is 0 Å². The lowest BCUT2D eigenvalue weighted by molar-refractivity contribution is -0.145. The minimum Gasteiger partial charge on any atom is -0.481 e. The molecule has 1 aliphatic carbocycles. The summed E-state index contributed by atoms with van der Waals surface area (Å²) in [6, 6.07) is 1.60. The second-order valence-electron chi connectivity index (χ2n) is 5.34. The number of nitrogens with one attached hydrogen (secondary N) is 1. The van der Waals surface area contributed by atoms with Crippen LogP contribution in [0.5, 0.6) is 0 Å². The summed E-state index contributed by atoms with van der Waals surface area (Å²) in [6.07, 6.45) is 0.710. The van der Waals surface area contributed by atoms with Crippen molar-refractivity contribution in [3.8, 4) is 0 Å². The van der Waals surface area contributed by atoms with Gasteiger partial charge in [-0.2, -0.15) is 0 Å². The van der Waals surface area contributed by atoms with E-state index in [-0.39, 0.29) is 5.92 Å². The predicted molar refractivity (Wildman–Crippen MR) is 68.0 cm³/mol. The summed E-state index contributed by atoms with van der Waals surface area (Å²) in [6.45, 7) is 1.82. The Bertz CT molecular complexity index is 591. The molecule has 1 aliphatic rings. The molecular formula is C14H14F3NO3. The van der Waals surface area contributed by atoms with Crippen LogP contribution in [0, 0.1) is 35.2 Å². The van der Waals surface area contributed by atoms with Crippen molar-refractivity contribution >= 4 is 17.6 Å². The number of anilines is 1. The molecule has 0 radical (unpaired) electrons. The van der Waals surface area contributed by atoms with Crippen LogP contribution in [0.25, 0.3) is 0 Å². The van der Waals surface area contributed by atoms with E-state index in [1.165, 1.54) is 0 Å². The molecule has 7 heteroatoms. The van der Waals surface area contributed by atoms with Gasteiger partial charge in [0.2, 0.25) is 5.91 Å². The maximum atomic E-state index is 13.5. The Morgan fingerprint density at radius 2 is 1.76 bits per heavy atom. The summed E-state index contributed by atoms with van der Waals surface area (Å²) in [5, 5.41) is 11.2. The van der Waals surface area contributed by atoms with E-state index in [0.29, 0.717) is 18.9 Å². The number of carbonyl (C=O) groups excluding carboxylic acids is 1. The first-order valence-corrected chi connectivity index (χ1v) is 6.48. The zero-order valence-corrected chi connectivity index (χ0v) is 11.2. The molecule has 1 aromatic rings. The van der Waals surface area contributed by atoms with E-state index in [9.17, 15) is 22.8 Å². The Labute approximate surface area is 119 Å². The molecule has 3 unspecified atom stereocenters. The highest BCUT2D eigenvalue weighted by molar-refractivity contribution is 5.95. The van der Waals surface area contributed by atoms with E-state index in [2.05, 4.69) is 5.32 Å². The van der Waals surface area contributed by atoms with Crippen LogP contribution in [-0.4, -0.2) is 17.0 Å². The molecule has 0 aromatic heterocycles. The molecule has 0 heterocycles. The van der Waals surface area contributed by atoms with E-state index in [0.717, 1.165) is 6.07 Å². The highest BCUT2D eigenvalue weighted by atomic mass is 19.2. The number of carbonyl (C=O) groups is 2. The van der Waals surface area contributed by atoms with E-state index in [1.54, 1.807) is 0 Å². The normalized spacial score (nSPS) is 24.9. The number of rotatable bonds is 3. The molecule has 3 atom stereocenters. The summed E-state index contributed by atoms with van der Waals surface area (Å²) >= 11 is 0. The van der Waals surface area contributed by atoms with Gasteiger partial charge in [-0.3, -0.25) is 9.59 Å². The molecule has 114 valence electrons. The monoisotopic (exact) mass is 301 g/mol. The highest BCUT2D eigenvalue weighted by Crippen LogP contribution is 2.37. The molecule has 0 saturated heterocycles. The van der Waals surface area contributed by atoms with Crippen molar-refractivity contribution in [2.75, 3.05) is 5.32 Å². The maximum Gasteiger partial charge on any atom is 0.307 e. The Kier molecular flexibility index (Phi) is 4.20. The molecule has 0 aliphatic heterocycles. The van der Waals surface area contributed by atoms with Crippen LogP contribution in [0.4, 0.5) is 18.9 Å². The number of hydrogen-bond acceptors (Lipinski definition) is 2. The van der Waals surface area contributed by atoms with Crippen molar-refractivity contribution in [1.82, 2.24) is 0 Å². The zero-order chi connectivity index (χ0) is 15.7. The van der Waals surface area contributed by atoms with E-state index in [4.69, 9.17) is 5.11 Å². The SMILES string of the molecule is CC1CC(C(=O)O)C(C(=O)Nc2ccc(F)c(F)c2F)C1. The lowest BCUT2D eigenvalue weighted by Gasteiger charge is -2.16. The molecule has 1 saturated carbocycles. The third-order valence-corrected chi connectivity index (χ3v) is 3.75. The number of benzene rings is 1. The quantitative estimate of drug-likeness (QED) is 0.844. The van der Waals surface area contributed by atoms with Gasteiger partial charge in [-0.15, -0.1) is 0 Å². The van der Waals surface area contributed by atoms with E-state index < -0.39 is 46.9 Å². The smallest absolute Gasteiger partial charge is 0.307 e. The highest BCUT2D eigenvalue weighted by Gasteiger charge is 2.41. The van der Waals surface area contributed by atoms with Crippen LogP contribution in [0.15, 0.2) is 12.1 Å². The van der Waals surface area contributed by atoms with Crippen LogP contribution in [0.1, 0.15) is 19.8 Å². The van der Waals surface area contributed by atoms with Crippen molar-refractivity contribution in [2.24, 2.45) is 17.8 Å². The van der Waals surface area contributed by atoms with Crippen LogP contribution < -0.4 is 5.32 Å². The van der Waals surface area contributed by atoms with Gasteiger partial charge in [0.1, 0.15) is 0 Å². The minimum absolute atomic E-state index is 0.0525. The molecule has 1 amide bonds. The fraction of sp³-hybridized carbons (Fsp3) is 0.429. The first-order chi connectivity index (χ1) is 9.81. The standard InChI is InChI=1S/C14H14F3NO3/c1-6-4-7(8(5-6)14(20)21)13(19)18-10-3-2-9(15)11(16)12(10)17/h2-3,6-8H,4-5H2,1H3,(H,18,19)(H,20,21). The largest absolute Gasteiger partial charge is 0.481 e. The van der Waals surface area contributed by atoms with Gasteiger partial charge in [-0.1, -0.05) is 6.92 Å². The van der Waals surface area contributed by atoms with Gasteiger partial charge < -0.3 is 10.4 Å². The third-order valence-electron chi connectivity index (χ3n) is 3.75. The summed E-state index contributed by atoms with van der Waals surface area (Å²) in [4.78, 5) is 23.2. The summed E-state index contributed by atoms with van der Waals surface area (Å²) in [5.74, 6) is -7.94. The number of hydrogen-bond donors (Lipinski definition) is 2. The molecular weight excluding hydrogens is 287 g/mol. The van der Waals surface area contributed by atoms with Crippen molar-refractivity contribution in [2.45, 2.75) is 19.8 Å². The number of halogens is 3. The molecule has 0 bridgehead atoms. The molecule has 4 nitrogen and oxygen atoms in total. The molecule has 2 N–H and O–H groups in total. The van der Waals surface area contributed by atoms with Gasteiger partial charge in [-0.05, 0) is 30.9 Å². The number of amides is 1. The predicted octanol–water partition coefficient (Wildman–Crippen LogP) is 2.79. The van der Waals surface area contributed by atoms with Gasteiger partial charge in [0.05, 0.1) is 17.5 Å². The first-order valence-electron chi connectivity index (χ1n) is 6.48. The topological polar surface area (TPSA) is 66.4 Å². The average molecular weight is 301 g/mol. The lowest BCUT2D eigenvalue weighted by Crippen LogP contribution is -2.30. The Morgan fingerprint density at radius 3 is 2.38 bits per heavy atom. The fourth-order valence-electron chi connectivity index (χ4n) is 2.70. The second kappa shape index (κ2) is 5.75. The van der Waals surface area contributed by atoms with Crippen molar-refractivity contribution in [1.29, 1.82) is 0 Å². The Balaban J connectivity index is 2.18. The third kappa shape index (κ3) is 3.01. The molecule has 0 spiro atoms. The maximum absolute atomic E-state index is 13.5. The number of aliphatic carboxylic acids is 1. The van der Waals surface area contributed by atoms with Gasteiger partial charge in [0.15, 0.2) is 17.5 Å². The summed E-state index contributed by atoms with van der Waals surface area (Å²) in [7, 11) is 0.